The minimum atomic E-state index is -3.56. The summed E-state index contributed by atoms with van der Waals surface area (Å²) in [6.45, 7) is 3.42. The molecule has 0 saturated carbocycles. The number of carbonyl (C=O) groups excluding carboxylic acids is 2. The number of anilines is 3. The summed E-state index contributed by atoms with van der Waals surface area (Å²) in [7, 11) is -3.56. The van der Waals surface area contributed by atoms with Crippen LogP contribution in [0.3, 0.4) is 0 Å². The van der Waals surface area contributed by atoms with Gasteiger partial charge in [0.05, 0.1) is 29.5 Å². The van der Waals surface area contributed by atoms with Gasteiger partial charge in [0.15, 0.2) is 0 Å². The molecule has 13 heteroatoms. The number of pyridine rings is 3. The maximum Gasteiger partial charge on any atom is 0.253 e. The molecule has 36 heavy (non-hydrogen) atoms. The van der Waals surface area contributed by atoms with E-state index in [9.17, 15) is 18.0 Å². The number of nitrogens with two attached hydrogens (primary N) is 1. The molecule has 2 amide bonds. The van der Waals surface area contributed by atoms with Crippen molar-refractivity contribution in [1.29, 1.82) is 0 Å². The Kier molecular flexibility index (Phi) is 6.74. The van der Waals surface area contributed by atoms with E-state index in [1.165, 1.54) is 25.5 Å². The highest BCUT2D eigenvalue weighted by molar-refractivity contribution is 7.89. The molecule has 0 saturated heterocycles. The van der Waals surface area contributed by atoms with Crippen LogP contribution in [0.1, 0.15) is 12.5 Å². The Balaban J connectivity index is 1.46. The molecule has 12 nitrogen and oxygen atoms in total. The van der Waals surface area contributed by atoms with Gasteiger partial charge < -0.3 is 16.4 Å². The first-order valence-corrected chi connectivity index (χ1v) is 12.3. The van der Waals surface area contributed by atoms with E-state index in [1.54, 1.807) is 18.5 Å². The van der Waals surface area contributed by atoms with Gasteiger partial charge in [-0.25, -0.2) is 18.4 Å². The summed E-state index contributed by atoms with van der Waals surface area (Å²) in [5, 5.41) is 10.1. The molecule has 0 aliphatic heterocycles. The van der Waals surface area contributed by atoms with Gasteiger partial charge in [-0.2, -0.15) is 9.19 Å². The van der Waals surface area contributed by atoms with Crippen molar-refractivity contribution in [3.63, 3.8) is 0 Å². The first kappa shape index (κ1) is 24.5. The van der Waals surface area contributed by atoms with Gasteiger partial charge in [0.2, 0.25) is 11.8 Å². The molecule has 0 fully saturated rings. The summed E-state index contributed by atoms with van der Waals surface area (Å²) < 4.78 is 24.4. The van der Waals surface area contributed by atoms with Crippen LogP contribution in [0.5, 0.6) is 0 Å². The molecule has 0 atom stereocenters. The van der Waals surface area contributed by atoms with Crippen LogP contribution in [-0.4, -0.2) is 50.1 Å². The zero-order valence-electron chi connectivity index (χ0n) is 19.3. The van der Waals surface area contributed by atoms with Crippen LogP contribution in [-0.2, 0) is 19.6 Å². The number of nitrogen functional groups attached to an aromatic ring is 1. The highest BCUT2D eigenvalue weighted by atomic mass is 32.2. The predicted molar refractivity (Wildman–Crippen MR) is 135 cm³/mol. The maximum absolute atomic E-state index is 12.3. The molecule has 0 unspecified atom stereocenters. The van der Waals surface area contributed by atoms with E-state index in [0.29, 0.717) is 22.3 Å². The summed E-state index contributed by atoms with van der Waals surface area (Å²) >= 11 is 0. The molecule has 0 spiro atoms. The van der Waals surface area contributed by atoms with Crippen LogP contribution in [0, 0.1) is 6.92 Å². The van der Waals surface area contributed by atoms with Crippen LogP contribution < -0.4 is 16.4 Å². The number of aryl methyl sites for hydroxylation is 1. The standard InChI is InChI=1S/C23H22N8O4S/c1-3-36(34,35)31-13-16(10-27-31)28-21(32)4-5-22(33)30-20-9-15-8-19(17-11-25-7-6-14(17)2)29-23(24)18(15)12-26-20/h4-13H,3H2,1-2H3,(H2,24,29)(H,28,32)(H,26,30,33)/b5-4-. The summed E-state index contributed by atoms with van der Waals surface area (Å²) in [6, 6.07) is 5.35. The fourth-order valence-electron chi connectivity index (χ4n) is 3.27. The Labute approximate surface area is 206 Å². The molecule has 4 N–H and O–H groups in total. The van der Waals surface area contributed by atoms with E-state index < -0.39 is 21.8 Å². The van der Waals surface area contributed by atoms with Crippen molar-refractivity contribution in [3.8, 4) is 11.3 Å². The highest BCUT2D eigenvalue weighted by Gasteiger charge is 2.13. The van der Waals surface area contributed by atoms with Crippen LogP contribution in [0.25, 0.3) is 22.0 Å². The molecule has 0 aliphatic rings. The largest absolute Gasteiger partial charge is 0.383 e. The Morgan fingerprint density at radius 2 is 1.86 bits per heavy atom. The lowest BCUT2D eigenvalue weighted by molar-refractivity contribution is -0.114. The lowest BCUT2D eigenvalue weighted by Gasteiger charge is -2.09. The lowest BCUT2D eigenvalue weighted by Crippen LogP contribution is -2.15. The molecule has 4 heterocycles. The number of aromatic nitrogens is 5. The maximum atomic E-state index is 12.3. The van der Waals surface area contributed by atoms with Crippen LogP contribution in [0.2, 0.25) is 0 Å². The van der Waals surface area contributed by atoms with E-state index in [4.69, 9.17) is 5.73 Å². The third-order valence-corrected chi connectivity index (χ3v) is 6.67. The zero-order chi connectivity index (χ0) is 25.9. The first-order chi connectivity index (χ1) is 17.2. The number of nitrogens with one attached hydrogen (secondary N) is 2. The van der Waals surface area contributed by atoms with Gasteiger partial charge in [-0.05, 0) is 43.0 Å². The minimum absolute atomic E-state index is 0.140. The molecule has 0 radical (unpaired) electrons. The Morgan fingerprint density at radius 1 is 1.11 bits per heavy atom. The summed E-state index contributed by atoms with van der Waals surface area (Å²) in [4.78, 5) is 37.2. The van der Waals surface area contributed by atoms with Crippen LogP contribution in [0.4, 0.5) is 17.3 Å². The fraction of sp³-hybridized carbons (Fsp3) is 0.130. The van der Waals surface area contributed by atoms with Gasteiger partial charge in [-0.15, -0.1) is 0 Å². The SMILES string of the molecule is CCS(=O)(=O)n1cc(NC(=O)/C=C\C(=O)Nc2cc3cc(-c4cnccc4C)nc(N)c3cn2)cn1. The number of amides is 2. The number of fused-ring (bicyclic) bond motifs is 1. The van der Waals surface area contributed by atoms with Crippen molar-refractivity contribution in [2.75, 3.05) is 22.1 Å². The third kappa shape index (κ3) is 5.36. The van der Waals surface area contributed by atoms with E-state index in [2.05, 4.69) is 30.7 Å². The van der Waals surface area contributed by atoms with Crippen molar-refractivity contribution in [3.05, 3.63) is 66.9 Å². The Morgan fingerprint density at radius 3 is 2.58 bits per heavy atom. The number of rotatable bonds is 7. The number of nitrogens with zero attached hydrogens (tertiary/aromatic N) is 5. The molecule has 0 bridgehead atoms. The molecule has 4 rings (SSSR count). The van der Waals surface area contributed by atoms with Gasteiger partial charge >= 0.3 is 0 Å². The van der Waals surface area contributed by atoms with Crippen molar-refractivity contribution in [1.82, 2.24) is 24.1 Å². The van der Waals surface area contributed by atoms with Gasteiger partial charge in [0.25, 0.3) is 10.0 Å². The lowest BCUT2D eigenvalue weighted by atomic mass is 10.1. The molecule has 184 valence electrons. The normalized spacial score (nSPS) is 11.6. The second kappa shape index (κ2) is 9.92. The van der Waals surface area contributed by atoms with Gasteiger partial charge in [-0.1, -0.05) is 0 Å². The summed E-state index contributed by atoms with van der Waals surface area (Å²) in [6.07, 6.45) is 9.30. The summed E-state index contributed by atoms with van der Waals surface area (Å²) in [5.74, 6) is -0.823. The second-order valence-corrected chi connectivity index (χ2v) is 9.80. The zero-order valence-corrected chi connectivity index (χ0v) is 20.2. The Hall–Kier alpha value is -4.65. The van der Waals surface area contributed by atoms with E-state index >= 15 is 0 Å². The van der Waals surface area contributed by atoms with Crippen LogP contribution >= 0.6 is 0 Å². The molecule has 0 aliphatic carbocycles. The second-order valence-electron chi connectivity index (χ2n) is 7.69. The highest BCUT2D eigenvalue weighted by Crippen LogP contribution is 2.28. The van der Waals surface area contributed by atoms with Crippen molar-refractivity contribution < 1.29 is 18.0 Å². The summed E-state index contributed by atoms with van der Waals surface area (Å²) in [5.41, 5.74) is 8.75. The molecular weight excluding hydrogens is 484 g/mol. The van der Waals surface area contributed by atoms with Gasteiger partial charge in [-0.3, -0.25) is 14.6 Å². The third-order valence-electron chi connectivity index (χ3n) is 5.17. The average molecular weight is 507 g/mol. The van der Waals surface area contributed by atoms with E-state index in [-0.39, 0.29) is 17.3 Å². The minimum Gasteiger partial charge on any atom is -0.383 e. The molecule has 4 aromatic rings. The topological polar surface area (TPSA) is 175 Å². The van der Waals surface area contributed by atoms with Gasteiger partial charge in [0.1, 0.15) is 11.6 Å². The van der Waals surface area contributed by atoms with E-state index in [0.717, 1.165) is 27.4 Å². The smallest absolute Gasteiger partial charge is 0.253 e. The fourth-order valence-corrected chi connectivity index (χ4v) is 4.00. The monoisotopic (exact) mass is 506 g/mol. The van der Waals surface area contributed by atoms with Crippen molar-refractivity contribution in [2.24, 2.45) is 0 Å². The quantitative estimate of drug-likeness (QED) is 0.317. The number of hydrogen-bond donors (Lipinski definition) is 3. The molecule has 0 aromatic carbocycles. The first-order valence-electron chi connectivity index (χ1n) is 10.7. The predicted octanol–water partition coefficient (Wildman–Crippen LogP) is 2.11. The number of hydrogen-bond acceptors (Lipinski definition) is 9. The Bertz CT molecular complexity index is 1610. The van der Waals surface area contributed by atoms with Gasteiger partial charge in [0, 0.05) is 41.7 Å². The molecular formula is C23H22N8O4S. The van der Waals surface area contributed by atoms with E-state index in [1.807, 2.05) is 19.1 Å². The molecule has 4 aromatic heterocycles. The van der Waals surface area contributed by atoms with Crippen LogP contribution in [0.15, 0.2) is 61.3 Å². The van der Waals surface area contributed by atoms with Crippen molar-refractivity contribution >= 4 is 49.9 Å². The average Bonchev–Trinajstić information content (AvgIpc) is 3.32. The van der Waals surface area contributed by atoms with Crippen molar-refractivity contribution in [2.45, 2.75) is 13.8 Å². The number of carbonyl (C=O) groups is 2.